The number of aliphatic carboxylic acids is 4. The summed E-state index contributed by atoms with van der Waals surface area (Å²) in [5, 5.41) is 67.1. The molecular formula is C48H69N13O18. The van der Waals surface area contributed by atoms with Gasteiger partial charge < -0.3 is 89.4 Å². The number of aliphatic hydroxyl groups is 1. The molecule has 31 heteroatoms. The summed E-state index contributed by atoms with van der Waals surface area (Å²) >= 11 is 0. The molecule has 434 valence electrons. The minimum Gasteiger partial charge on any atom is -0.481 e. The highest BCUT2D eigenvalue weighted by Crippen LogP contribution is 2.21. The number of amides is 9. The normalized spacial score (nSPS) is 15.5. The topological polar surface area (TPSA) is 503 Å². The summed E-state index contributed by atoms with van der Waals surface area (Å²) in [5.41, 5.74) is 11.4. The summed E-state index contributed by atoms with van der Waals surface area (Å²) in [5.74, 6) is -14.5. The third-order valence-electron chi connectivity index (χ3n) is 12.2. The molecular weight excluding hydrogens is 1050 g/mol. The predicted octanol–water partition coefficient (Wildman–Crippen LogP) is -5.55. The van der Waals surface area contributed by atoms with Gasteiger partial charge in [-0.05, 0) is 63.5 Å². The number of imidazole rings is 1. The van der Waals surface area contributed by atoms with Crippen LogP contribution in [0.2, 0.25) is 0 Å². The molecule has 0 aliphatic carbocycles. The summed E-state index contributed by atoms with van der Waals surface area (Å²) in [6.45, 7) is -2.04. The average molecular weight is 1120 g/mol. The molecule has 0 unspecified atom stereocenters. The van der Waals surface area contributed by atoms with Crippen LogP contribution in [0.25, 0.3) is 0 Å². The zero-order valence-electron chi connectivity index (χ0n) is 43.0. The largest absolute Gasteiger partial charge is 0.481 e. The first-order chi connectivity index (χ1) is 37.6. The van der Waals surface area contributed by atoms with E-state index in [1.54, 1.807) is 30.3 Å². The Labute approximate surface area is 451 Å². The van der Waals surface area contributed by atoms with Gasteiger partial charge in [-0.1, -0.05) is 30.3 Å². The molecule has 8 atom stereocenters. The van der Waals surface area contributed by atoms with Crippen molar-refractivity contribution in [2.45, 2.75) is 132 Å². The standard InChI is InChI=1S/C48H69N13O18/c49-17-5-4-9-31(48(78)79)57-42(72)29(12-15-39(67)68)55-44(74)32(19-26-7-2-1-3-8-26)58-43(73)30(13-16-40(69)70)56-46(76)35-10-6-18-61(35)47(77)33(20-27-22-51-25-53-27)59-45(75)34(24-62)60-41(71)28(11-14-38(65)66)54-37(64)23-52-36(63)21-50/h1-3,7-8,22,25,28-35,62H,4-6,9-21,23-24,49-50H2,(H,51,53)(H,52,63)(H,54,64)(H,55,74)(H,56,76)(H,57,72)(H,58,73)(H,59,75)(H,60,71)(H,65,66)(H,67,68)(H,69,70)(H,78,79)/t28-,29-,30-,31-,32-,33-,34-,35-/m0/s1. The number of aliphatic hydroxyl groups excluding tert-OH is 1. The van der Waals surface area contributed by atoms with Gasteiger partial charge in [0.1, 0.15) is 48.3 Å². The van der Waals surface area contributed by atoms with Crippen molar-refractivity contribution in [3.8, 4) is 0 Å². The molecule has 1 saturated heterocycles. The van der Waals surface area contributed by atoms with Gasteiger partial charge in [0, 0.05) is 44.8 Å². The second-order valence-electron chi connectivity index (χ2n) is 18.2. The lowest BCUT2D eigenvalue weighted by Crippen LogP contribution is -2.61. The highest BCUT2D eigenvalue weighted by Gasteiger charge is 2.41. The molecule has 18 N–H and O–H groups in total. The van der Waals surface area contributed by atoms with Crippen molar-refractivity contribution in [1.29, 1.82) is 0 Å². The van der Waals surface area contributed by atoms with Gasteiger partial charge in [0.15, 0.2) is 0 Å². The second kappa shape index (κ2) is 33.5. The third-order valence-corrected chi connectivity index (χ3v) is 12.2. The molecule has 0 spiro atoms. The summed E-state index contributed by atoms with van der Waals surface area (Å²) < 4.78 is 0. The monoisotopic (exact) mass is 1120 g/mol. The van der Waals surface area contributed by atoms with Crippen LogP contribution in [0.4, 0.5) is 0 Å². The molecule has 2 heterocycles. The molecule has 0 radical (unpaired) electrons. The van der Waals surface area contributed by atoms with E-state index in [2.05, 4.69) is 52.5 Å². The van der Waals surface area contributed by atoms with E-state index in [-0.39, 0.29) is 50.9 Å². The molecule has 31 nitrogen and oxygen atoms in total. The van der Waals surface area contributed by atoms with Gasteiger partial charge in [0.2, 0.25) is 53.2 Å². The SMILES string of the molecule is NCCCC[C@H](NC(=O)[C@H](CCC(=O)O)NC(=O)[C@H](Cc1ccccc1)NC(=O)[C@H](CCC(=O)O)NC(=O)[C@@H]1CCCN1C(=O)[C@H](Cc1c[nH]cn1)NC(=O)[C@H](CO)NC(=O)[C@H](CCC(=O)O)NC(=O)CNC(=O)CN)C(=O)O. The van der Waals surface area contributed by atoms with E-state index in [4.69, 9.17) is 11.5 Å². The number of rotatable bonds is 36. The molecule has 1 fully saturated rings. The Morgan fingerprint density at radius 1 is 0.608 bits per heavy atom. The number of hydrogen-bond acceptors (Lipinski definition) is 17. The quantitative estimate of drug-likeness (QED) is 0.0283. The average Bonchev–Trinajstić information content (AvgIpc) is 4.13. The number of carboxylic acid groups (broad SMARTS) is 4. The van der Waals surface area contributed by atoms with Gasteiger partial charge in [-0.3, -0.25) is 57.5 Å². The number of unbranched alkanes of at least 4 members (excludes halogenated alkanes) is 1. The summed E-state index contributed by atoms with van der Waals surface area (Å²) in [6, 6.07) is -4.63. The maximum atomic E-state index is 14.5. The lowest BCUT2D eigenvalue weighted by molar-refractivity contribution is -0.143. The van der Waals surface area contributed by atoms with Crippen LogP contribution in [0.5, 0.6) is 0 Å². The van der Waals surface area contributed by atoms with Crippen molar-refractivity contribution in [3.05, 3.63) is 54.1 Å². The van der Waals surface area contributed by atoms with Crippen molar-refractivity contribution in [2.24, 2.45) is 11.5 Å². The number of aromatic amines is 1. The summed E-state index contributed by atoms with van der Waals surface area (Å²) in [4.78, 5) is 176. The van der Waals surface area contributed by atoms with Crippen molar-refractivity contribution in [2.75, 3.05) is 32.8 Å². The Kier molecular flexibility index (Phi) is 27.5. The van der Waals surface area contributed by atoms with Crippen LogP contribution in [0, 0.1) is 0 Å². The Hall–Kier alpha value is -8.58. The fourth-order valence-electron chi connectivity index (χ4n) is 8.05. The van der Waals surface area contributed by atoms with Crippen molar-refractivity contribution in [3.63, 3.8) is 0 Å². The van der Waals surface area contributed by atoms with Gasteiger partial charge in [0.05, 0.1) is 31.7 Å². The fourth-order valence-corrected chi connectivity index (χ4v) is 8.05. The second-order valence-corrected chi connectivity index (χ2v) is 18.2. The minimum atomic E-state index is -1.82. The van der Waals surface area contributed by atoms with E-state index in [9.17, 15) is 87.9 Å². The lowest BCUT2D eigenvalue weighted by atomic mass is 10.0. The number of nitrogens with two attached hydrogens (primary N) is 2. The molecule has 3 rings (SSSR count). The summed E-state index contributed by atoms with van der Waals surface area (Å²) in [6.07, 6.45) is -0.611. The first-order valence-electron chi connectivity index (χ1n) is 25.2. The van der Waals surface area contributed by atoms with E-state index in [1.807, 2.05) is 0 Å². The van der Waals surface area contributed by atoms with Crippen molar-refractivity contribution in [1.82, 2.24) is 57.4 Å². The van der Waals surface area contributed by atoms with E-state index in [0.717, 1.165) is 4.90 Å². The van der Waals surface area contributed by atoms with Crippen LogP contribution in [0.1, 0.15) is 81.9 Å². The number of H-pyrrole nitrogens is 1. The minimum absolute atomic E-state index is 0.0167. The Morgan fingerprint density at radius 3 is 1.66 bits per heavy atom. The molecule has 2 aromatic rings. The van der Waals surface area contributed by atoms with Crippen LogP contribution in [0.3, 0.4) is 0 Å². The van der Waals surface area contributed by atoms with Gasteiger partial charge in [-0.2, -0.15) is 0 Å². The molecule has 0 saturated carbocycles. The Balaban J connectivity index is 1.89. The van der Waals surface area contributed by atoms with Gasteiger partial charge in [-0.15, -0.1) is 0 Å². The number of nitrogens with one attached hydrogen (secondary N) is 9. The number of carboxylic acids is 4. The fraction of sp³-hybridized carbons (Fsp3) is 0.542. The maximum Gasteiger partial charge on any atom is 0.326 e. The van der Waals surface area contributed by atoms with Crippen LogP contribution in [-0.4, -0.2) is 199 Å². The smallest absolute Gasteiger partial charge is 0.326 e. The Morgan fingerprint density at radius 2 is 1.13 bits per heavy atom. The van der Waals surface area contributed by atoms with Gasteiger partial charge in [-0.25, -0.2) is 9.78 Å². The van der Waals surface area contributed by atoms with Crippen LogP contribution < -0.4 is 54.0 Å². The number of aromatic nitrogens is 2. The van der Waals surface area contributed by atoms with Crippen molar-refractivity contribution < 1.29 is 87.9 Å². The number of nitrogens with zero attached hydrogens (tertiary/aromatic N) is 2. The zero-order chi connectivity index (χ0) is 58.6. The van der Waals surface area contributed by atoms with Crippen LogP contribution >= 0.6 is 0 Å². The first kappa shape index (κ1) is 64.7. The van der Waals surface area contributed by atoms with Gasteiger partial charge >= 0.3 is 23.9 Å². The van der Waals surface area contributed by atoms with Crippen molar-refractivity contribution >= 4 is 77.0 Å². The van der Waals surface area contributed by atoms with E-state index in [1.165, 1.54) is 12.5 Å². The van der Waals surface area contributed by atoms with Gasteiger partial charge in [0.25, 0.3) is 0 Å². The molecule has 1 aromatic carbocycles. The number of hydrogen-bond donors (Lipinski definition) is 16. The van der Waals surface area contributed by atoms with E-state index < -0.39 is 184 Å². The number of likely N-dealkylation sites (tertiary alicyclic amines) is 1. The summed E-state index contributed by atoms with van der Waals surface area (Å²) in [7, 11) is 0. The first-order valence-corrected chi connectivity index (χ1v) is 25.2. The zero-order valence-corrected chi connectivity index (χ0v) is 43.0. The highest BCUT2D eigenvalue weighted by molar-refractivity contribution is 5.99. The molecule has 79 heavy (non-hydrogen) atoms. The highest BCUT2D eigenvalue weighted by atomic mass is 16.4. The molecule has 1 aromatic heterocycles. The molecule has 1 aliphatic rings. The predicted molar refractivity (Wildman–Crippen MR) is 271 cm³/mol. The van der Waals surface area contributed by atoms with E-state index >= 15 is 0 Å². The number of carbonyl (C=O) groups is 13. The third kappa shape index (κ3) is 22.9. The van der Waals surface area contributed by atoms with Crippen LogP contribution in [0.15, 0.2) is 42.9 Å². The number of benzene rings is 1. The maximum absolute atomic E-state index is 14.5. The molecule has 1 aliphatic heterocycles. The molecule has 0 bridgehead atoms. The molecule has 9 amide bonds. The van der Waals surface area contributed by atoms with Crippen LogP contribution in [-0.2, 0) is 75.2 Å². The van der Waals surface area contributed by atoms with E-state index in [0.29, 0.717) is 18.4 Å². The lowest BCUT2D eigenvalue weighted by Gasteiger charge is -2.31. The Bertz CT molecular complexity index is 2450. The number of carbonyl (C=O) groups excluding carboxylic acids is 9.